The van der Waals surface area contributed by atoms with Gasteiger partial charge in [-0.2, -0.15) is 0 Å². The van der Waals surface area contributed by atoms with Gasteiger partial charge in [0.25, 0.3) is 0 Å². The summed E-state index contributed by atoms with van der Waals surface area (Å²) >= 11 is 0. The van der Waals surface area contributed by atoms with Crippen molar-refractivity contribution in [3.05, 3.63) is 18.3 Å². The highest BCUT2D eigenvalue weighted by molar-refractivity contribution is 5.89. The number of carbonyl (C=O) groups is 2. The zero-order valence-electron chi connectivity index (χ0n) is 12.5. The molecule has 7 heteroatoms. The molecule has 0 saturated carbocycles. The molecule has 2 N–H and O–H groups in total. The van der Waals surface area contributed by atoms with Crippen LogP contribution in [0.3, 0.4) is 0 Å². The molecule has 0 radical (unpaired) electrons. The predicted octanol–water partition coefficient (Wildman–Crippen LogP) is 2.05. The van der Waals surface area contributed by atoms with Crippen molar-refractivity contribution in [2.45, 2.75) is 20.8 Å². The fraction of sp³-hybridized carbons (Fsp3) is 0.500. The average molecular weight is 295 g/mol. The van der Waals surface area contributed by atoms with Gasteiger partial charge in [-0.25, -0.2) is 9.78 Å². The Kier molecular flexibility index (Phi) is 6.45. The first-order valence-electron chi connectivity index (χ1n) is 6.85. The topological polar surface area (TPSA) is 91.8 Å². The third-order valence-corrected chi connectivity index (χ3v) is 2.86. The molecule has 0 aromatic carbocycles. The number of nitrogens with zero attached hydrogens (tertiary/aromatic N) is 2. The molecule has 0 aliphatic heterocycles. The monoisotopic (exact) mass is 295 g/mol. The number of anilines is 1. The summed E-state index contributed by atoms with van der Waals surface area (Å²) in [4.78, 5) is 28.4. The molecule has 1 aromatic rings. The molecule has 1 rings (SSSR count). The fourth-order valence-corrected chi connectivity index (χ4v) is 1.65. The number of carboxylic acids is 1. The number of aliphatic carboxylic acids is 1. The van der Waals surface area contributed by atoms with Gasteiger partial charge in [0.05, 0.1) is 24.4 Å². The van der Waals surface area contributed by atoms with Gasteiger partial charge < -0.3 is 20.1 Å². The molecule has 1 aromatic heterocycles. The summed E-state index contributed by atoms with van der Waals surface area (Å²) in [5.41, 5.74) is 0.532. The Balaban J connectivity index is 2.62. The maximum absolute atomic E-state index is 12.1. The summed E-state index contributed by atoms with van der Waals surface area (Å²) in [7, 11) is 0. The molecule has 7 nitrogen and oxygen atoms in total. The lowest BCUT2D eigenvalue weighted by molar-refractivity contribution is -0.141. The number of hydrogen-bond donors (Lipinski definition) is 2. The van der Waals surface area contributed by atoms with Crippen LogP contribution in [0.4, 0.5) is 10.5 Å². The SMILES string of the molecule is CCOc1ccc(NC(=O)N(CC)CC(C)C(=O)O)cn1. The van der Waals surface area contributed by atoms with Crippen molar-refractivity contribution in [1.29, 1.82) is 0 Å². The lowest BCUT2D eigenvalue weighted by Gasteiger charge is -2.23. The summed E-state index contributed by atoms with van der Waals surface area (Å²) in [6.45, 7) is 6.33. The molecule has 0 fully saturated rings. The minimum Gasteiger partial charge on any atom is -0.481 e. The number of carboxylic acid groups (broad SMARTS) is 1. The largest absolute Gasteiger partial charge is 0.481 e. The number of pyridine rings is 1. The first-order chi connectivity index (χ1) is 9.97. The van der Waals surface area contributed by atoms with Gasteiger partial charge in [0.15, 0.2) is 0 Å². The molecule has 0 spiro atoms. The highest BCUT2D eigenvalue weighted by Gasteiger charge is 2.19. The highest BCUT2D eigenvalue weighted by atomic mass is 16.5. The van der Waals surface area contributed by atoms with E-state index in [1.807, 2.05) is 6.92 Å². The zero-order valence-corrected chi connectivity index (χ0v) is 12.5. The van der Waals surface area contributed by atoms with E-state index in [2.05, 4.69) is 10.3 Å². The van der Waals surface area contributed by atoms with E-state index in [1.165, 1.54) is 11.1 Å². The van der Waals surface area contributed by atoms with Gasteiger partial charge in [0.1, 0.15) is 0 Å². The first kappa shape index (κ1) is 16.7. The zero-order chi connectivity index (χ0) is 15.8. The van der Waals surface area contributed by atoms with Gasteiger partial charge in [-0.3, -0.25) is 4.79 Å². The van der Waals surface area contributed by atoms with E-state index in [0.29, 0.717) is 24.7 Å². The lowest BCUT2D eigenvalue weighted by atomic mass is 10.2. The number of carbonyl (C=O) groups excluding carboxylic acids is 1. The molecular weight excluding hydrogens is 274 g/mol. The summed E-state index contributed by atoms with van der Waals surface area (Å²) in [5.74, 6) is -1.06. The number of hydrogen-bond acceptors (Lipinski definition) is 4. The summed E-state index contributed by atoms with van der Waals surface area (Å²) < 4.78 is 5.21. The van der Waals surface area contributed by atoms with Crippen LogP contribution in [0.1, 0.15) is 20.8 Å². The highest BCUT2D eigenvalue weighted by Crippen LogP contribution is 2.12. The summed E-state index contributed by atoms with van der Waals surface area (Å²) in [6, 6.07) is 3.00. The standard InChI is InChI=1S/C14H21N3O4/c1-4-17(9-10(3)13(18)19)14(20)16-11-6-7-12(15-8-11)21-5-2/h6-8,10H,4-5,9H2,1-3H3,(H,16,20)(H,18,19). The van der Waals surface area contributed by atoms with E-state index in [9.17, 15) is 9.59 Å². The van der Waals surface area contributed by atoms with Crippen molar-refractivity contribution in [2.75, 3.05) is 25.0 Å². The second-order valence-corrected chi connectivity index (χ2v) is 4.53. The number of nitrogens with one attached hydrogen (secondary N) is 1. The molecule has 0 saturated heterocycles. The van der Waals surface area contributed by atoms with Crippen molar-refractivity contribution in [1.82, 2.24) is 9.88 Å². The minimum atomic E-state index is -0.927. The Labute approximate surface area is 123 Å². The van der Waals surface area contributed by atoms with Crippen LogP contribution in [0, 0.1) is 5.92 Å². The second kappa shape index (κ2) is 8.08. The second-order valence-electron chi connectivity index (χ2n) is 4.53. The number of rotatable bonds is 7. The Hall–Kier alpha value is -2.31. The lowest BCUT2D eigenvalue weighted by Crippen LogP contribution is -2.39. The number of amides is 2. The Bertz CT molecular complexity index is 476. The molecule has 0 aliphatic rings. The van der Waals surface area contributed by atoms with E-state index in [-0.39, 0.29) is 12.6 Å². The van der Waals surface area contributed by atoms with Gasteiger partial charge in [0, 0.05) is 19.2 Å². The van der Waals surface area contributed by atoms with Crippen LogP contribution in [0.5, 0.6) is 5.88 Å². The quantitative estimate of drug-likeness (QED) is 0.803. The van der Waals surface area contributed by atoms with Crippen molar-refractivity contribution in [3.8, 4) is 5.88 Å². The first-order valence-corrected chi connectivity index (χ1v) is 6.85. The molecule has 1 atom stereocenters. The van der Waals surface area contributed by atoms with Crippen LogP contribution < -0.4 is 10.1 Å². The Morgan fingerprint density at radius 1 is 1.43 bits per heavy atom. The van der Waals surface area contributed by atoms with Gasteiger partial charge in [0.2, 0.25) is 5.88 Å². The summed E-state index contributed by atoms with van der Waals surface area (Å²) in [6.07, 6.45) is 1.50. The molecular formula is C14H21N3O4. The number of aromatic nitrogens is 1. The average Bonchev–Trinajstić information content (AvgIpc) is 2.46. The van der Waals surface area contributed by atoms with Crippen LogP contribution in [-0.2, 0) is 4.79 Å². The van der Waals surface area contributed by atoms with Gasteiger partial charge in [-0.05, 0) is 19.9 Å². The normalized spacial score (nSPS) is 11.6. The van der Waals surface area contributed by atoms with Gasteiger partial charge in [-0.1, -0.05) is 6.92 Å². The molecule has 2 amide bonds. The van der Waals surface area contributed by atoms with Crippen molar-refractivity contribution >= 4 is 17.7 Å². The molecule has 0 bridgehead atoms. The summed E-state index contributed by atoms with van der Waals surface area (Å²) in [5, 5.41) is 11.6. The van der Waals surface area contributed by atoms with Crippen LogP contribution in [-0.4, -0.2) is 46.7 Å². The number of ether oxygens (including phenoxy) is 1. The van der Waals surface area contributed by atoms with Crippen molar-refractivity contribution < 1.29 is 19.4 Å². The van der Waals surface area contributed by atoms with Gasteiger partial charge >= 0.3 is 12.0 Å². The van der Waals surface area contributed by atoms with E-state index in [4.69, 9.17) is 9.84 Å². The maximum atomic E-state index is 12.1. The van der Waals surface area contributed by atoms with E-state index >= 15 is 0 Å². The van der Waals surface area contributed by atoms with Gasteiger partial charge in [-0.15, -0.1) is 0 Å². The van der Waals surface area contributed by atoms with Crippen LogP contribution in [0.2, 0.25) is 0 Å². The van der Waals surface area contributed by atoms with Crippen molar-refractivity contribution in [3.63, 3.8) is 0 Å². The van der Waals surface area contributed by atoms with Crippen LogP contribution in [0.15, 0.2) is 18.3 Å². The van der Waals surface area contributed by atoms with Crippen LogP contribution >= 0.6 is 0 Å². The Morgan fingerprint density at radius 2 is 2.14 bits per heavy atom. The Morgan fingerprint density at radius 3 is 2.62 bits per heavy atom. The molecule has 21 heavy (non-hydrogen) atoms. The predicted molar refractivity (Wildman–Crippen MR) is 78.5 cm³/mol. The fourth-order valence-electron chi connectivity index (χ4n) is 1.65. The van der Waals surface area contributed by atoms with E-state index < -0.39 is 11.9 Å². The van der Waals surface area contributed by atoms with Crippen LogP contribution in [0.25, 0.3) is 0 Å². The molecule has 116 valence electrons. The third-order valence-electron chi connectivity index (χ3n) is 2.86. The third kappa shape index (κ3) is 5.29. The molecule has 1 unspecified atom stereocenters. The molecule has 1 heterocycles. The smallest absolute Gasteiger partial charge is 0.321 e. The van der Waals surface area contributed by atoms with E-state index in [1.54, 1.807) is 26.0 Å². The number of urea groups is 1. The molecule has 0 aliphatic carbocycles. The van der Waals surface area contributed by atoms with Crippen molar-refractivity contribution in [2.24, 2.45) is 5.92 Å². The minimum absolute atomic E-state index is 0.155. The maximum Gasteiger partial charge on any atom is 0.321 e. The van der Waals surface area contributed by atoms with E-state index in [0.717, 1.165) is 0 Å².